The summed E-state index contributed by atoms with van der Waals surface area (Å²) in [6.07, 6.45) is 3.67. The molecular formula is C12H22N2OS. The van der Waals surface area contributed by atoms with Crippen LogP contribution in [0.3, 0.4) is 0 Å². The van der Waals surface area contributed by atoms with E-state index in [1.54, 1.807) is 0 Å². The second-order valence-electron chi connectivity index (χ2n) is 4.71. The third-order valence-electron chi connectivity index (χ3n) is 3.62. The molecule has 2 heterocycles. The summed E-state index contributed by atoms with van der Waals surface area (Å²) in [6.45, 7) is 6.18. The number of nitrogens with zero attached hydrogens (tertiary/aromatic N) is 2. The van der Waals surface area contributed by atoms with Crippen LogP contribution in [0, 0.1) is 0 Å². The summed E-state index contributed by atoms with van der Waals surface area (Å²) in [6, 6.07) is 0.0963. The number of hydrogen-bond acceptors (Lipinski definition) is 3. The van der Waals surface area contributed by atoms with Crippen molar-refractivity contribution in [2.45, 2.75) is 32.2 Å². The molecule has 2 aliphatic heterocycles. The Hall–Kier alpha value is -0.220. The number of likely N-dealkylation sites (tertiary alicyclic amines) is 1. The third kappa shape index (κ3) is 2.92. The molecule has 4 heteroatoms. The lowest BCUT2D eigenvalue weighted by Crippen LogP contribution is -2.50. The molecule has 0 aliphatic carbocycles. The van der Waals surface area contributed by atoms with Crippen molar-refractivity contribution in [3.05, 3.63) is 0 Å². The highest BCUT2D eigenvalue weighted by Gasteiger charge is 2.27. The number of hydrogen-bond donors (Lipinski definition) is 0. The second kappa shape index (κ2) is 5.92. The molecule has 1 atom stereocenters. The second-order valence-corrected chi connectivity index (χ2v) is 5.94. The van der Waals surface area contributed by atoms with Crippen LogP contribution in [-0.4, -0.2) is 59.4 Å². The fourth-order valence-electron chi connectivity index (χ4n) is 2.50. The Labute approximate surface area is 103 Å². The molecule has 16 heavy (non-hydrogen) atoms. The molecule has 0 radical (unpaired) electrons. The highest BCUT2D eigenvalue weighted by Crippen LogP contribution is 2.16. The first-order valence-corrected chi connectivity index (χ1v) is 7.55. The van der Waals surface area contributed by atoms with Gasteiger partial charge in [0.1, 0.15) is 0 Å². The number of thioether (sulfide) groups is 1. The lowest BCUT2D eigenvalue weighted by Gasteiger charge is -2.36. The smallest absolute Gasteiger partial charge is 0.239 e. The van der Waals surface area contributed by atoms with Crippen LogP contribution in [0.15, 0.2) is 0 Å². The van der Waals surface area contributed by atoms with Crippen LogP contribution in [0.25, 0.3) is 0 Å². The van der Waals surface area contributed by atoms with Gasteiger partial charge in [0.05, 0.1) is 6.04 Å². The zero-order chi connectivity index (χ0) is 11.4. The van der Waals surface area contributed by atoms with Crippen molar-refractivity contribution in [3.8, 4) is 0 Å². The summed E-state index contributed by atoms with van der Waals surface area (Å²) < 4.78 is 0. The molecule has 2 saturated heterocycles. The van der Waals surface area contributed by atoms with Crippen molar-refractivity contribution in [1.82, 2.24) is 9.80 Å². The lowest BCUT2D eigenvalue weighted by molar-refractivity contribution is -0.137. The average Bonchev–Trinajstić information content (AvgIpc) is 2.39. The first-order chi connectivity index (χ1) is 7.79. The zero-order valence-corrected chi connectivity index (χ0v) is 11.0. The Kier molecular flexibility index (Phi) is 4.53. The number of piperidine rings is 1. The largest absolute Gasteiger partial charge is 0.341 e. The summed E-state index contributed by atoms with van der Waals surface area (Å²) in [5.74, 6) is 2.71. The van der Waals surface area contributed by atoms with Gasteiger partial charge in [0.2, 0.25) is 5.91 Å². The molecule has 0 spiro atoms. The standard InChI is InChI=1S/C12H22N2OS/c1-11(13-7-9-16-10-8-13)12(15)14-5-3-2-4-6-14/h11H,2-10H2,1H3. The van der Waals surface area contributed by atoms with Crippen molar-refractivity contribution in [2.24, 2.45) is 0 Å². The summed E-state index contributed by atoms with van der Waals surface area (Å²) >= 11 is 2.00. The van der Waals surface area contributed by atoms with Crippen molar-refractivity contribution < 1.29 is 4.79 Å². The average molecular weight is 242 g/mol. The van der Waals surface area contributed by atoms with E-state index >= 15 is 0 Å². The van der Waals surface area contributed by atoms with Crippen LogP contribution in [0.2, 0.25) is 0 Å². The summed E-state index contributed by atoms with van der Waals surface area (Å²) in [4.78, 5) is 16.7. The molecule has 0 N–H and O–H groups in total. The van der Waals surface area contributed by atoms with Crippen LogP contribution in [0.4, 0.5) is 0 Å². The molecule has 0 bridgehead atoms. The fraction of sp³-hybridized carbons (Fsp3) is 0.917. The molecule has 0 aromatic carbocycles. The summed E-state index contributed by atoms with van der Waals surface area (Å²) in [7, 11) is 0. The quantitative estimate of drug-likeness (QED) is 0.732. The van der Waals surface area contributed by atoms with Crippen molar-refractivity contribution in [3.63, 3.8) is 0 Å². The fourth-order valence-corrected chi connectivity index (χ4v) is 3.43. The van der Waals surface area contributed by atoms with Crippen LogP contribution in [0.1, 0.15) is 26.2 Å². The summed E-state index contributed by atoms with van der Waals surface area (Å²) in [5.41, 5.74) is 0. The molecule has 1 unspecified atom stereocenters. The highest BCUT2D eigenvalue weighted by molar-refractivity contribution is 7.99. The van der Waals surface area contributed by atoms with Crippen LogP contribution in [0.5, 0.6) is 0 Å². The van der Waals surface area contributed by atoms with Gasteiger partial charge in [-0.05, 0) is 26.2 Å². The van der Waals surface area contributed by atoms with Gasteiger partial charge in [-0.25, -0.2) is 0 Å². The van der Waals surface area contributed by atoms with E-state index in [0.717, 1.165) is 26.2 Å². The maximum Gasteiger partial charge on any atom is 0.239 e. The Morgan fingerprint density at radius 2 is 1.69 bits per heavy atom. The van der Waals surface area contributed by atoms with Gasteiger partial charge in [0, 0.05) is 37.7 Å². The highest BCUT2D eigenvalue weighted by atomic mass is 32.2. The first-order valence-electron chi connectivity index (χ1n) is 6.39. The monoisotopic (exact) mass is 242 g/mol. The minimum Gasteiger partial charge on any atom is -0.341 e. The Morgan fingerprint density at radius 1 is 1.06 bits per heavy atom. The molecule has 0 aromatic heterocycles. The van der Waals surface area contributed by atoms with Gasteiger partial charge >= 0.3 is 0 Å². The predicted molar refractivity (Wildman–Crippen MR) is 68.8 cm³/mol. The van der Waals surface area contributed by atoms with E-state index in [0.29, 0.717) is 5.91 Å². The molecule has 2 aliphatic rings. The molecule has 0 saturated carbocycles. The molecule has 2 rings (SSSR count). The molecule has 0 aromatic rings. The van der Waals surface area contributed by atoms with E-state index < -0.39 is 0 Å². The topological polar surface area (TPSA) is 23.6 Å². The normalized spacial score (nSPS) is 25.4. The maximum atomic E-state index is 12.3. The molecule has 3 nitrogen and oxygen atoms in total. The number of carbonyl (C=O) groups excluding carboxylic acids is 1. The molecule has 1 amide bonds. The SMILES string of the molecule is CC(C(=O)N1CCCCC1)N1CCSCC1. The summed E-state index contributed by atoms with van der Waals surface area (Å²) in [5, 5.41) is 0. The van der Waals surface area contributed by atoms with E-state index in [9.17, 15) is 4.79 Å². The van der Waals surface area contributed by atoms with Crippen molar-refractivity contribution in [2.75, 3.05) is 37.7 Å². The van der Waals surface area contributed by atoms with E-state index in [4.69, 9.17) is 0 Å². The minimum absolute atomic E-state index is 0.0963. The van der Waals surface area contributed by atoms with E-state index in [1.807, 2.05) is 11.8 Å². The van der Waals surface area contributed by atoms with Gasteiger partial charge in [-0.15, -0.1) is 0 Å². The molecule has 92 valence electrons. The van der Waals surface area contributed by atoms with Crippen LogP contribution in [-0.2, 0) is 4.79 Å². The minimum atomic E-state index is 0.0963. The Bertz CT molecular complexity index is 235. The van der Waals surface area contributed by atoms with Gasteiger partial charge in [-0.1, -0.05) is 0 Å². The zero-order valence-electron chi connectivity index (χ0n) is 10.2. The van der Waals surface area contributed by atoms with Gasteiger partial charge in [-0.2, -0.15) is 11.8 Å². The maximum absolute atomic E-state index is 12.3. The van der Waals surface area contributed by atoms with Crippen LogP contribution >= 0.6 is 11.8 Å². The van der Waals surface area contributed by atoms with Gasteiger partial charge in [0.15, 0.2) is 0 Å². The van der Waals surface area contributed by atoms with Gasteiger partial charge in [0.25, 0.3) is 0 Å². The molecule has 2 fully saturated rings. The lowest BCUT2D eigenvalue weighted by atomic mass is 10.1. The van der Waals surface area contributed by atoms with Crippen LogP contribution < -0.4 is 0 Å². The van der Waals surface area contributed by atoms with Crippen molar-refractivity contribution in [1.29, 1.82) is 0 Å². The van der Waals surface area contributed by atoms with Gasteiger partial charge < -0.3 is 4.90 Å². The number of carbonyl (C=O) groups is 1. The van der Waals surface area contributed by atoms with E-state index in [-0.39, 0.29) is 6.04 Å². The van der Waals surface area contributed by atoms with Crippen molar-refractivity contribution >= 4 is 17.7 Å². The van der Waals surface area contributed by atoms with E-state index in [1.165, 1.54) is 30.8 Å². The Balaban J connectivity index is 1.86. The number of rotatable bonds is 2. The van der Waals surface area contributed by atoms with E-state index in [2.05, 4.69) is 16.7 Å². The van der Waals surface area contributed by atoms with Gasteiger partial charge in [-0.3, -0.25) is 9.69 Å². The first kappa shape index (κ1) is 12.2. The predicted octanol–water partition coefficient (Wildman–Crippen LogP) is 1.44. The third-order valence-corrected chi connectivity index (χ3v) is 4.56. The Morgan fingerprint density at radius 3 is 2.31 bits per heavy atom. The number of amides is 1. The molecular weight excluding hydrogens is 220 g/mol.